The van der Waals surface area contributed by atoms with Gasteiger partial charge in [-0.15, -0.1) is 6.58 Å². The summed E-state index contributed by atoms with van der Waals surface area (Å²) in [5, 5.41) is 5.01. The molecule has 0 saturated heterocycles. The molecular formula is C15H25NSSi. The Kier molecular flexibility index (Phi) is 6.75. The molecule has 0 spiro atoms. The van der Waals surface area contributed by atoms with Crippen molar-refractivity contribution < 1.29 is 0 Å². The summed E-state index contributed by atoms with van der Waals surface area (Å²) in [7, 11) is -1.14. The van der Waals surface area contributed by atoms with Crippen LogP contribution in [0.5, 0.6) is 0 Å². The maximum Gasteiger partial charge on any atom is 0.0775 e. The first kappa shape index (κ1) is 15.5. The Morgan fingerprint density at radius 2 is 1.89 bits per heavy atom. The van der Waals surface area contributed by atoms with Crippen LogP contribution in [0.15, 0.2) is 36.9 Å². The van der Waals surface area contributed by atoms with Crippen LogP contribution in [0.3, 0.4) is 0 Å². The smallest absolute Gasteiger partial charge is 0.0775 e. The average Bonchev–Trinajstić information content (AvgIpc) is 2.33. The molecule has 1 aromatic carbocycles. The zero-order valence-electron chi connectivity index (χ0n) is 11.8. The van der Waals surface area contributed by atoms with Gasteiger partial charge in [-0.25, -0.2) is 0 Å². The maximum atomic E-state index is 3.72. The third-order valence-electron chi connectivity index (χ3n) is 2.81. The number of thioether (sulfide) groups is 1. The minimum Gasteiger partial charge on any atom is -0.312 e. The second-order valence-corrected chi connectivity index (χ2v) is 11.7. The lowest BCUT2D eigenvalue weighted by atomic mass is 10.2. The highest BCUT2D eigenvalue weighted by Gasteiger charge is 2.15. The molecule has 1 rings (SSSR count). The molecule has 0 aliphatic heterocycles. The summed E-state index contributed by atoms with van der Waals surface area (Å²) < 4.78 is 0. The van der Waals surface area contributed by atoms with E-state index >= 15 is 0 Å². The summed E-state index contributed by atoms with van der Waals surface area (Å²) in [5.41, 5.74) is 1.38. The van der Waals surface area contributed by atoms with Crippen molar-refractivity contribution in [3.8, 4) is 0 Å². The van der Waals surface area contributed by atoms with Gasteiger partial charge in [-0.3, -0.25) is 0 Å². The second kappa shape index (κ2) is 7.82. The molecule has 0 aliphatic rings. The van der Waals surface area contributed by atoms with E-state index in [2.05, 4.69) is 55.8 Å². The van der Waals surface area contributed by atoms with Gasteiger partial charge in [0.15, 0.2) is 0 Å². The molecule has 1 aromatic rings. The predicted octanol–water partition coefficient (Wildman–Crippen LogP) is 3.24. The van der Waals surface area contributed by atoms with Gasteiger partial charge in [0.05, 0.1) is 8.07 Å². The Hall–Kier alpha value is -0.513. The van der Waals surface area contributed by atoms with Crippen LogP contribution in [0.1, 0.15) is 5.56 Å². The molecule has 0 radical (unpaired) electrons. The van der Waals surface area contributed by atoms with Crippen molar-refractivity contribution in [1.29, 1.82) is 0 Å². The molecule has 0 saturated carbocycles. The summed E-state index contributed by atoms with van der Waals surface area (Å²) in [6, 6.07) is 9.13. The van der Waals surface area contributed by atoms with Gasteiger partial charge in [0.2, 0.25) is 0 Å². The monoisotopic (exact) mass is 279 g/mol. The minimum absolute atomic E-state index is 0.973. The van der Waals surface area contributed by atoms with E-state index in [1.807, 2.05) is 17.8 Å². The van der Waals surface area contributed by atoms with Crippen LogP contribution in [-0.4, -0.2) is 26.1 Å². The van der Waals surface area contributed by atoms with Gasteiger partial charge >= 0.3 is 0 Å². The molecule has 100 valence electrons. The normalized spacial score (nSPS) is 11.5. The first-order valence-corrected chi connectivity index (χ1v) is 11.2. The molecule has 1 nitrogen and oxygen atoms in total. The molecule has 0 heterocycles. The number of hydrogen-bond acceptors (Lipinski definition) is 2. The Balaban J connectivity index is 2.29. The van der Waals surface area contributed by atoms with E-state index in [1.165, 1.54) is 10.8 Å². The SMILES string of the molecule is C=CCSCCNCc1ccc([Si](C)(C)C)cc1. The molecular weight excluding hydrogens is 254 g/mol. The Morgan fingerprint density at radius 3 is 2.44 bits per heavy atom. The Bertz CT molecular complexity index is 354. The number of benzene rings is 1. The van der Waals surface area contributed by atoms with Gasteiger partial charge in [0.1, 0.15) is 0 Å². The molecule has 0 aliphatic carbocycles. The summed E-state index contributed by atoms with van der Waals surface area (Å²) in [5.74, 6) is 2.20. The molecule has 0 atom stereocenters. The lowest BCUT2D eigenvalue weighted by Gasteiger charge is -2.16. The molecule has 0 aromatic heterocycles. The standard InChI is InChI=1S/C15H25NSSi/c1-5-11-17-12-10-16-13-14-6-8-15(9-7-14)18(2,3)4/h5-9,16H,1,10-13H2,2-4H3. The fourth-order valence-electron chi connectivity index (χ4n) is 1.67. The summed E-state index contributed by atoms with van der Waals surface area (Å²) >= 11 is 1.92. The van der Waals surface area contributed by atoms with Crippen molar-refractivity contribution in [2.24, 2.45) is 0 Å². The van der Waals surface area contributed by atoms with Gasteiger partial charge in [-0.05, 0) is 5.56 Å². The van der Waals surface area contributed by atoms with E-state index in [4.69, 9.17) is 0 Å². The average molecular weight is 280 g/mol. The molecule has 18 heavy (non-hydrogen) atoms. The van der Waals surface area contributed by atoms with Crippen molar-refractivity contribution in [2.75, 3.05) is 18.1 Å². The van der Waals surface area contributed by atoms with Crippen molar-refractivity contribution in [3.63, 3.8) is 0 Å². The lowest BCUT2D eigenvalue weighted by molar-refractivity contribution is 0.732. The molecule has 3 heteroatoms. The van der Waals surface area contributed by atoms with Crippen LogP contribution in [0, 0.1) is 0 Å². The third kappa shape index (κ3) is 5.89. The van der Waals surface area contributed by atoms with Crippen molar-refractivity contribution in [2.45, 2.75) is 26.2 Å². The van der Waals surface area contributed by atoms with Gasteiger partial charge in [0, 0.05) is 24.6 Å². The zero-order chi connectivity index (χ0) is 13.4. The van der Waals surface area contributed by atoms with Crippen molar-refractivity contribution >= 4 is 25.0 Å². The fourth-order valence-corrected chi connectivity index (χ4v) is 3.46. The van der Waals surface area contributed by atoms with E-state index in [0.29, 0.717) is 0 Å². The molecule has 0 fully saturated rings. The fraction of sp³-hybridized carbons (Fsp3) is 0.467. The minimum atomic E-state index is -1.14. The van der Waals surface area contributed by atoms with E-state index in [9.17, 15) is 0 Å². The maximum absolute atomic E-state index is 3.72. The van der Waals surface area contributed by atoms with Gasteiger partial charge in [0.25, 0.3) is 0 Å². The number of hydrogen-bond donors (Lipinski definition) is 1. The molecule has 0 unspecified atom stereocenters. The van der Waals surface area contributed by atoms with Gasteiger partial charge < -0.3 is 5.32 Å². The third-order valence-corrected chi connectivity index (χ3v) is 5.84. The highest BCUT2D eigenvalue weighted by Crippen LogP contribution is 2.04. The first-order valence-electron chi connectivity index (χ1n) is 6.53. The van der Waals surface area contributed by atoms with Crippen LogP contribution in [0.25, 0.3) is 0 Å². The van der Waals surface area contributed by atoms with Gasteiger partial charge in [-0.1, -0.05) is 55.2 Å². The van der Waals surface area contributed by atoms with E-state index in [1.54, 1.807) is 0 Å². The van der Waals surface area contributed by atoms with Crippen LogP contribution in [0.2, 0.25) is 19.6 Å². The van der Waals surface area contributed by atoms with Crippen molar-refractivity contribution in [3.05, 3.63) is 42.5 Å². The van der Waals surface area contributed by atoms with E-state index in [-0.39, 0.29) is 0 Å². The van der Waals surface area contributed by atoms with Gasteiger partial charge in [-0.2, -0.15) is 11.8 Å². The summed E-state index contributed by atoms with van der Waals surface area (Å²) in [6.45, 7) is 12.9. The number of nitrogens with one attached hydrogen (secondary N) is 1. The lowest BCUT2D eigenvalue weighted by Crippen LogP contribution is -2.37. The number of rotatable bonds is 8. The highest BCUT2D eigenvalue weighted by molar-refractivity contribution is 7.99. The zero-order valence-corrected chi connectivity index (χ0v) is 13.6. The molecule has 0 amide bonds. The second-order valence-electron chi connectivity index (χ2n) is 5.49. The summed E-state index contributed by atoms with van der Waals surface area (Å²) in [6.07, 6.45) is 1.96. The van der Waals surface area contributed by atoms with Crippen LogP contribution < -0.4 is 10.5 Å². The topological polar surface area (TPSA) is 12.0 Å². The highest BCUT2D eigenvalue weighted by atomic mass is 32.2. The Morgan fingerprint density at radius 1 is 1.22 bits per heavy atom. The van der Waals surface area contributed by atoms with Crippen LogP contribution in [-0.2, 0) is 6.54 Å². The quantitative estimate of drug-likeness (QED) is 0.445. The van der Waals surface area contributed by atoms with E-state index < -0.39 is 8.07 Å². The molecule has 0 bridgehead atoms. The predicted molar refractivity (Wildman–Crippen MR) is 88.7 cm³/mol. The van der Waals surface area contributed by atoms with Crippen molar-refractivity contribution in [1.82, 2.24) is 5.32 Å². The summed E-state index contributed by atoms with van der Waals surface area (Å²) in [4.78, 5) is 0. The first-order chi connectivity index (χ1) is 8.54. The van der Waals surface area contributed by atoms with Crippen LogP contribution >= 0.6 is 11.8 Å². The Labute approximate surface area is 117 Å². The largest absolute Gasteiger partial charge is 0.312 e. The van der Waals surface area contributed by atoms with E-state index in [0.717, 1.165) is 24.6 Å². The van der Waals surface area contributed by atoms with Crippen LogP contribution in [0.4, 0.5) is 0 Å². The molecule has 1 N–H and O–H groups in total.